The van der Waals surface area contributed by atoms with E-state index in [4.69, 9.17) is 10.2 Å². The third-order valence-electron chi connectivity index (χ3n) is 6.04. The number of nitrogens with zero attached hydrogens (tertiary/aromatic N) is 1. The molecule has 0 spiro atoms. The highest BCUT2D eigenvalue weighted by molar-refractivity contribution is 5.52. The van der Waals surface area contributed by atoms with Gasteiger partial charge in [-0.1, -0.05) is 18.9 Å². The zero-order valence-electron chi connectivity index (χ0n) is 16.1. The van der Waals surface area contributed by atoms with Crippen molar-refractivity contribution in [3.05, 3.63) is 29.3 Å². The molecule has 0 N–H and O–H groups in total. The number of amides is 1. The van der Waals surface area contributed by atoms with Gasteiger partial charge in [0.2, 0.25) is 6.39 Å². The lowest BCUT2D eigenvalue weighted by Gasteiger charge is -2.58. The first-order valence-corrected chi connectivity index (χ1v) is 7.90. The van der Waals surface area contributed by atoms with E-state index >= 15 is 0 Å². The predicted molar refractivity (Wildman–Crippen MR) is 81.5 cm³/mol. The van der Waals surface area contributed by atoms with E-state index in [-0.39, 0.29) is 11.5 Å². The summed E-state index contributed by atoms with van der Waals surface area (Å²) < 4.78 is 34.8. The van der Waals surface area contributed by atoms with Crippen LogP contribution in [0.5, 0.6) is 5.75 Å². The molecule has 1 unspecified atom stereocenters. The first kappa shape index (κ1) is 9.50. The predicted octanol–water partition coefficient (Wildman–Crippen LogP) is 2.91. The lowest BCUT2D eigenvalue weighted by molar-refractivity contribution is -0.126. The second kappa shape index (κ2) is 4.75. The molecular weight excluding hydrogens is 262 g/mol. The van der Waals surface area contributed by atoms with Crippen molar-refractivity contribution in [1.29, 1.82) is 0 Å². The number of ether oxygens (including phenoxy) is 1. The summed E-state index contributed by atoms with van der Waals surface area (Å²) in [6, 6.07) is 5.69. The van der Waals surface area contributed by atoms with Crippen molar-refractivity contribution in [3.63, 3.8) is 0 Å². The molecule has 2 aliphatic carbocycles. The van der Waals surface area contributed by atoms with Gasteiger partial charge in [0.25, 0.3) is 0 Å². The van der Waals surface area contributed by atoms with Crippen molar-refractivity contribution in [2.75, 3.05) is 13.6 Å². The zero-order valence-corrected chi connectivity index (χ0v) is 12.1. The number of hydrogen-bond donors (Lipinski definition) is 0. The monoisotopic (exact) mass is 289 g/mol. The van der Waals surface area contributed by atoms with E-state index in [0.717, 1.165) is 38.5 Å². The highest BCUT2D eigenvalue weighted by Gasteiger charge is 2.53. The van der Waals surface area contributed by atoms with Gasteiger partial charge in [-0.05, 0) is 54.9 Å². The maximum atomic E-state index is 11.8. The molecule has 1 aromatic carbocycles. The summed E-state index contributed by atoms with van der Waals surface area (Å²) in [7, 11) is -2.45. The van der Waals surface area contributed by atoms with Gasteiger partial charge >= 0.3 is 0 Å². The van der Waals surface area contributed by atoms with Crippen molar-refractivity contribution in [1.82, 2.24) is 4.90 Å². The molecule has 3 aliphatic rings. The summed E-state index contributed by atoms with van der Waals surface area (Å²) in [6.45, 7) is 0.618. The Morgan fingerprint density at radius 3 is 3.29 bits per heavy atom. The number of rotatable bonds is 1. The Hall–Kier alpha value is -1.51. The fourth-order valence-electron chi connectivity index (χ4n) is 5.16. The maximum Gasteiger partial charge on any atom is 0.209 e. The first-order valence-electron chi connectivity index (χ1n) is 9.90. The van der Waals surface area contributed by atoms with Gasteiger partial charge in [0.05, 0.1) is 11.2 Å². The van der Waals surface area contributed by atoms with Crippen LogP contribution in [-0.2, 0) is 16.6 Å². The average molecular weight is 289 g/mol. The summed E-state index contributed by atoms with van der Waals surface area (Å²) in [5.74, 6) is 0.759. The molecule has 112 valence electrons. The van der Waals surface area contributed by atoms with E-state index in [0.29, 0.717) is 18.2 Å². The van der Waals surface area contributed by atoms with Crippen LogP contribution in [0.3, 0.4) is 0 Å². The van der Waals surface area contributed by atoms with Gasteiger partial charge < -0.3 is 9.64 Å². The summed E-state index contributed by atoms with van der Waals surface area (Å²) in [4.78, 5) is 13.5. The summed E-state index contributed by atoms with van der Waals surface area (Å²) >= 11 is 0. The van der Waals surface area contributed by atoms with E-state index in [1.807, 2.05) is 12.1 Å². The van der Waals surface area contributed by atoms with Crippen LogP contribution in [0.1, 0.15) is 48.7 Å². The van der Waals surface area contributed by atoms with Crippen molar-refractivity contribution >= 4 is 6.39 Å². The van der Waals surface area contributed by atoms with Crippen LogP contribution in [0, 0.1) is 5.92 Å². The molecule has 1 aromatic rings. The van der Waals surface area contributed by atoms with Crippen LogP contribution in [0.25, 0.3) is 0 Å². The molecule has 21 heavy (non-hydrogen) atoms. The van der Waals surface area contributed by atoms with Crippen LogP contribution < -0.4 is 4.74 Å². The summed E-state index contributed by atoms with van der Waals surface area (Å²) in [5, 5.41) is 0. The minimum absolute atomic E-state index is 0.00341. The average Bonchev–Trinajstić information content (AvgIpc) is 2.54. The second-order valence-corrected chi connectivity index (χ2v) is 6.74. The van der Waals surface area contributed by atoms with Crippen molar-refractivity contribution in [2.24, 2.45) is 5.92 Å². The van der Waals surface area contributed by atoms with Crippen molar-refractivity contribution in [3.8, 4) is 5.75 Å². The van der Waals surface area contributed by atoms with Gasteiger partial charge in [-0.2, -0.15) is 0 Å². The van der Waals surface area contributed by atoms with Crippen LogP contribution in [0.15, 0.2) is 18.2 Å². The third-order valence-corrected chi connectivity index (χ3v) is 6.04. The van der Waals surface area contributed by atoms with Crippen LogP contribution in [-0.4, -0.2) is 30.9 Å². The summed E-state index contributed by atoms with van der Waals surface area (Å²) in [6.07, 6.45) is 5.47. The molecule has 1 aliphatic heterocycles. The quantitative estimate of drug-likeness (QED) is 0.744. The molecule has 1 amide bonds. The number of carbonyl (C=O) groups is 1. The Balaban J connectivity index is 1.78. The van der Waals surface area contributed by atoms with Crippen LogP contribution in [0.4, 0.5) is 0 Å². The van der Waals surface area contributed by atoms with Gasteiger partial charge in [0.1, 0.15) is 7.12 Å². The normalized spacial score (nSPS) is 37.2. The van der Waals surface area contributed by atoms with Gasteiger partial charge in [-0.15, -0.1) is 0 Å². The number of benzene rings is 1. The Bertz CT molecular complexity index is 705. The smallest absolute Gasteiger partial charge is 0.209 e. The SMILES string of the molecule is [2H]C(=O)N1CC[C@@]23CCCC[C@@H]2C1Cc1ccc(OC([2H])([2H])[2H])cc13. The van der Waals surface area contributed by atoms with Crippen LogP contribution >= 0.6 is 0 Å². The fraction of sp³-hybridized carbons (Fsp3) is 0.611. The molecule has 4 rings (SSSR count). The Morgan fingerprint density at radius 1 is 1.48 bits per heavy atom. The zero-order chi connectivity index (χ0) is 17.8. The Kier molecular flexibility index (Phi) is 2.15. The lowest BCUT2D eigenvalue weighted by Crippen LogP contribution is -2.60. The topological polar surface area (TPSA) is 29.5 Å². The van der Waals surface area contributed by atoms with E-state index in [1.54, 1.807) is 11.0 Å². The minimum atomic E-state index is -2.45. The number of fused-ring (bicyclic) bond motifs is 1. The Labute approximate surface area is 131 Å². The molecular formula is C18H23NO2. The standard InChI is InChI=1S/C18H23NO2/c1-21-14-6-5-13-10-17-15-4-2-3-7-18(15,16(13)11-14)8-9-19(17)12-20/h5-6,11-12,15,17H,2-4,7-10H2,1H3/t15-,17?,18+/m1/s1/i1D3,12D. The van der Waals surface area contributed by atoms with Crippen molar-refractivity contribution < 1.29 is 15.0 Å². The highest BCUT2D eigenvalue weighted by atomic mass is 16.5. The molecule has 3 heteroatoms. The lowest BCUT2D eigenvalue weighted by atomic mass is 9.52. The Morgan fingerprint density at radius 2 is 2.43 bits per heavy atom. The summed E-state index contributed by atoms with van der Waals surface area (Å²) in [5.41, 5.74) is 2.38. The van der Waals surface area contributed by atoms with E-state index in [2.05, 4.69) is 0 Å². The van der Waals surface area contributed by atoms with E-state index in [9.17, 15) is 4.79 Å². The van der Waals surface area contributed by atoms with Gasteiger partial charge in [-0.25, -0.2) is 0 Å². The molecule has 1 heterocycles. The number of likely N-dealkylation sites (tertiary alicyclic amines) is 1. The number of carbonyl (C=O) groups excluding carboxylic acids is 1. The van der Waals surface area contributed by atoms with E-state index in [1.165, 1.54) is 11.1 Å². The fourth-order valence-corrected chi connectivity index (χ4v) is 5.16. The van der Waals surface area contributed by atoms with Crippen molar-refractivity contribution in [2.45, 2.75) is 50.0 Å². The van der Waals surface area contributed by atoms with Gasteiger partial charge in [-0.3, -0.25) is 4.79 Å². The molecule has 0 aromatic heterocycles. The van der Waals surface area contributed by atoms with Gasteiger partial charge in [0, 0.05) is 18.0 Å². The van der Waals surface area contributed by atoms with E-state index < -0.39 is 13.4 Å². The number of methoxy groups -OCH3 is 1. The first-order chi connectivity index (χ1) is 11.8. The molecule has 3 atom stereocenters. The largest absolute Gasteiger partial charge is 0.497 e. The molecule has 1 saturated carbocycles. The maximum absolute atomic E-state index is 11.8. The molecule has 3 nitrogen and oxygen atoms in total. The molecule has 0 radical (unpaired) electrons. The van der Waals surface area contributed by atoms with Gasteiger partial charge in [0.15, 0.2) is 0 Å². The highest BCUT2D eigenvalue weighted by Crippen LogP contribution is 2.55. The number of piperidine rings is 1. The molecule has 1 saturated heterocycles. The molecule has 2 fully saturated rings. The van der Waals surface area contributed by atoms with Crippen LogP contribution in [0.2, 0.25) is 0 Å². The third kappa shape index (κ3) is 1.76. The molecule has 2 bridgehead atoms. The minimum Gasteiger partial charge on any atom is -0.497 e. The second-order valence-electron chi connectivity index (χ2n) is 6.74. The number of hydrogen-bond acceptors (Lipinski definition) is 2.